The number of rotatable bonds is 11. The van der Waals surface area contributed by atoms with Gasteiger partial charge in [0.05, 0.1) is 27.6 Å². The summed E-state index contributed by atoms with van der Waals surface area (Å²) in [7, 11) is 0. The van der Waals surface area contributed by atoms with Gasteiger partial charge in [-0.15, -0.1) is 0 Å². The summed E-state index contributed by atoms with van der Waals surface area (Å²) in [6.07, 6.45) is 3.70. The molecule has 1 aromatic carbocycles. The molecule has 0 atom stereocenters. The minimum absolute atomic E-state index is 0.195. The molecule has 0 aliphatic carbocycles. The third-order valence-electron chi connectivity index (χ3n) is 4.37. The highest BCUT2D eigenvalue weighted by atomic mass is 127. The summed E-state index contributed by atoms with van der Waals surface area (Å²) >= 11 is 5.94. The van der Waals surface area contributed by atoms with Crippen molar-refractivity contribution in [2.75, 3.05) is 30.3 Å². The molecule has 32 heavy (non-hydrogen) atoms. The lowest BCUT2D eigenvalue weighted by molar-refractivity contribution is -0.134. The summed E-state index contributed by atoms with van der Waals surface area (Å²) in [5, 5.41) is 5.43. The van der Waals surface area contributed by atoms with Crippen LogP contribution >= 0.6 is 67.8 Å². The molecule has 0 bridgehead atoms. The summed E-state index contributed by atoms with van der Waals surface area (Å²) < 4.78 is 6.94. The number of hydrogen-bond donors (Lipinski definition) is 2. The van der Waals surface area contributed by atoms with Crippen LogP contribution in [0.4, 0.5) is 11.4 Å². The molecule has 2 N–H and O–H groups in total. The zero-order valence-electron chi connectivity index (χ0n) is 18.6. The summed E-state index contributed by atoms with van der Waals surface area (Å²) in [6.45, 7) is 7.73. The molecular formula is C21H28I3N3O5. The van der Waals surface area contributed by atoms with Crippen LogP contribution in [0.2, 0.25) is 0 Å². The Morgan fingerprint density at radius 2 is 1.25 bits per heavy atom. The van der Waals surface area contributed by atoms with Crippen LogP contribution in [0.1, 0.15) is 63.7 Å². The highest BCUT2D eigenvalue weighted by molar-refractivity contribution is 14.1. The maximum atomic E-state index is 13.0. The zero-order chi connectivity index (χ0) is 24.4. The second-order valence-electron chi connectivity index (χ2n) is 7.09. The lowest BCUT2D eigenvalue weighted by Crippen LogP contribution is -2.36. The maximum Gasteiger partial charge on any atom is 0.340 e. The Morgan fingerprint density at radius 3 is 1.62 bits per heavy atom. The number of anilines is 2. The molecule has 3 amide bonds. The normalized spacial score (nSPS) is 10.5. The van der Waals surface area contributed by atoms with E-state index in [0.29, 0.717) is 35.2 Å². The highest BCUT2D eigenvalue weighted by Crippen LogP contribution is 2.39. The maximum absolute atomic E-state index is 13.0. The standard InChI is InChI=1S/C21H28I3N3O5/c1-5-7-9-27(10-8-6-2)14(30)11-32-21(31)15-16(22)19(25-12(3)28)18(24)20(17(15)23)26-13(4)29/h5-11H2,1-4H3,(H,25,28)(H,26,29). The Kier molecular flexibility index (Phi) is 13.3. The molecule has 0 saturated carbocycles. The van der Waals surface area contributed by atoms with Crippen molar-refractivity contribution in [1.29, 1.82) is 0 Å². The van der Waals surface area contributed by atoms with E-state index in [-0.39, 0.29) is 29.9 Å². The quantitative estimate of drug-likeness (QED) is 0.243. The van der Waals surface area contributed by atoms with Crippen LogP contribution in [-0.2, 0) is 19.1 Å². The summed E-state index contributed by atoms with van der Waals surface area (Å²) in [5.74, 6) is -1.55. The number of amides is 3. The van der Waals surface area contributed by atoms with Gasteiger partial charge in [-0.2, -0.15) is 0 Å². The van der Waals surface area contributed by atoms with Crippen LogP contribution in [0.15, 0.2) is 0 Å². The van der Waals surface area contributed by atoms with E-state index < -0.39 is 5.97 Å². The second-order valence-corrected chi connectivity index (χ2v) is 10.3. The van der Waals surface area contributed by atoms with E-state index in [4.69, 9.17) is 4.74 Å². The molecule has 1 aromatic rings. The molecule has 0 aromatic heterocycles. The van der Waals surface area contributed by atoms with E-state index >= 15 is 0 Å². The molecule has 0 spiro atoms. The van der Waals surface area contributed by atoms with Crippen LogP contribution < -0.4 is 10.6 Å². The minimum atomic E-state index is -0.687. The number of esters is 1. The van der Waals surface area contributed by atoms with Gasteiger partial charge in [0.1, 0.15) is 0 Å². The van der Waals surface area contributed by atoms with Crippen molar-refractivity contribution in [2.24, 2.45) is 0 Å². The van der Waals surface area contributed by atoms with Gasteiger partial charge in [-0.25, -0.2) is 4.79 Å². The van der Waals surface area contributed by atoms with Crippen molar-refractivity contribution < 1.29 is 23.9 Å². The van der Waals surface area contributed by atoms with Crippen LogP contribution in [0.3, 0.4) is 0 Å². The first-order valence-corrected chi connectivity index (χ1v) is 13.5. The Hall–Kier alpha value is -0.710. The average molecular weight is 783 g/mol. The van der Waals surface area contributed by atoms with Gasteiger partial charge in [-0.1, -0.05) is 26.7 Å². The van der Waals surface area contributed by atoms with Gasteiger partial charge in [-0.05, 0) is 80.6 Å². The van der Waals surface area contributed by atoms with E-state index in [9.17, 15) is 19.2 Å². The van der Waals surface area contributed by atoms with Crippen molar-refractivity contribution in [3.05, 3.63) is 16.3 Å². The molecule has 0 aliphatic heterocycles. The van der Waals surface area contributed by atoms with Gasteiger partial charge < -0.3 is 20.3 Å². The van der Waals surface area contributed by atoms with Crippen molar-refractivity contribution in [3.8, 4) is 0 Å². The number of carbonyl (C=O) groups excluding carboxylic acids is 4. The largest absolute Gasteiger partial charge is 0.452 e. The Balaban J connectivity index is 3.21. The first kappa shape index (κ1) is 29.3. The van der Waals surface area contributed by atoms with Crippen LogP contribution in [0.25, 0.3) is 0 Å². The zero-order valence-corrected chi connectivity index (χ0v) is 25.0. The van der Waals surface area contributed by atoms with Gasteiger partial charge in [0, 0.05) is 26.9 Å². The molecule has 0 radical (unpaired) electrons. The third-order valence-corrected chi connectivity index (χ3v) is 7.60. The lowest BCUT2D eigenvalue weighted by Gasteiger charge is -2.23. The van der Waals surface area contributed by atoms with Crippen LogP contribution in [0.5, 0.6) is 0 Å². The van der Waals surface area contributed by atoms with E-state index in [2.05, 4.69) is 24.5 Å². The SMILES string of the molecule is CCCCN(CCCC)C(=O)COC(=O)c1c(I)c(NC(C)=O)c(I)c(NC(C)=O)c1I. The number of nitrogens with zero attached hydrogens (tertiary/aromatic N) is 1. The fourth-order valence-electron chi connectivity index (χ4n) is 2.76. The molecule has 1 rings (SSSR count). The molecule has 11 heteroatoms. The molecule has 8 nitrogen and oxygen atoms in total. The number of unbranched alkanes of at least 4 members (excludes halogenated alkanes) is 2. The van der Waals surface area contributed by atoms with E-state index in [0.717, 1.165) is 25.7 Å². The van der Waals surface area contributed by atoms with E-state index in [1.807, 2.05) is 67.8 Å². The van der Waals surface area contributed by atoms with Gasteiger partial charge >= 0.3 is 5.97 Å². The van der Waals surface area contributed by atoms with Crippen LogP contribution in [-0.4, -0.2) is 48.3 Å². The first-order chi connectivity index (χ1) is 15.0. The molecular weight excluding hydrogens is 755 g/mol. The number of carbonyl (C=O) groups is 4. The van der Waals surface area contributed by atoms with Crippen molar-refractivity contribution in [1.82, 2.24) is 4.90 Å². The average Bonchev–Trinajstić information content (AvgIpc) is 2.72. The Bertz CT molecular complexity index is 826. The summed E-state index contributed by atoms with van der Waals surface area (Å²) in [6, 6.07) is 0. The number of halogens is 3. The predicted molar refractivity (Wildman–Crippen MR) is 150 cm³/mol. The Morgan fingerprint density at radius 1 is 0.812 bits per heavy atom. The lowest BCUT2D eigenvalue weighted by atomic mass is 10.1. The van der Waals surface area contributed by atoms with Crippen molar-refractivity contribution in [3.63, 3.8) is 0 Å². The molecule has 0 fully saturated rings. The molecule has 0 aliphatic rings. The van der Waals surface area contributed by atoms with E-state index in [1.54, 1.807) is 4.90 Å². The predicted octanol–water partition coefficient (Wildman–Crippen LogP) is 5.00. The second kappa shape index (κ2) is 14.5. The van der Waals surface area contributed by atoms with E-state index in [1.165, 1.54) is 13.8 Å². The highest BCUT2D eigenvalue weighted by Gasteiger charge is 2.27. The first-order valence-electron chi connectivity index (χ1n) is 10.3. The summed E-state index contributed by atoms with van der Waals surface area (Å²) in [4.78, 5) is 50.8. The van der Waals surface area contributed by atoms with Gasteiger partial charge in [0.15, 0.2) is 6.61 Å². The van der Waals surface area contributed by atoms with Crippen molar-refractivity contribution in [2.45, 2.75) is 53.4 Å². The molecule has 0 heterocycles. The number of ether oxygens (including phenoxy) is 1. The smallest absolute Gasteiger partial charge is 0.340 e. The third kappa shape index (κ3) is 8.57. The number of nitrogens with one attached hydrogen (secondary N) is 2. The Labute approximate surface area is 229 Å². The minimum Gasteiger partial charge on any atom is -0.452 e. The fourth-order valence-corrected chi connectivity index (χ4v) is 6.91. The molecule has 0 unspecified atom stereocenters. The van der Waals surface area contributed by atoms with Gasteiger partial charge in [0.2, 0.25) is 11.8 Å². The van der Waals surface area contributed by atoms with Crippen LogP contribution in [0, 0.1) is 10.7 Å². The molecule has 178 valence electrons. The fraction of sp³-hybridized carbons (Fsp3) is 0.524. The molecule has 0 saturated heterocycles. The topological polar surface area (TPSA) is 105 Å². The monoisotopic (exact) mass is 783 g/mol. The number of benzene rings is 1. The van der Waals surface area contributed by atoms with Gasteiger partial charge in [0.25, 0.3) is 5.91 Å². The number of hydrogen-bond acceptors (Lipinski definition) is 5. The van der Waals surface area contributed by atoms with Crippen molar-refractivity contribution >= 4 is 103 Å². The summed E-state index contributed by atoms with van der Waals surface area (Å²) in [5.41, 5.74) is 1.02. The van der Waals surface area contributed by atoms with Gasteiger partial charge in [-0.3, -0.25) is 14.4 Å².